The zero-order chi connectivity index (χ0) is 17.1. The maximum absolute atomic E-state index is 13.9. The van der Waals surface area contributed by atoms with E-state index in [2.05, 4.69) is 15.9 Å². The van der Waals surface area contributed by atoms with Gasteiger partial charge in [0.2, 0.25) is 5.91 Å². The maximum atomic E-state index is 13.9. The molecule has 2 heterocycles. The molecule has 5 nitrogen and oxygen atoms in total. The normalized spacial score (nSPS) is 19.4. The van der Waals surface area contributed by atoms with Gasteiger partial charge >= 0.3 is 0 Å². The van der Waals surface area contributed by atoms with Gasteiger partial charge in [-0.2, -0.15) is 0 Å². The van der Waals surface area contributed by atoms with Gasteiger partial charge in [-0.3, -0.25) is 9.59 Å². The number of carbonyl (C=O) groups is 2. The Morgan fingerprint density at radius 1 is 1.08 bits per heavy atom. The van der Waals surface area contributed by atoms with Gasteiger partial charge in [-0.25, -0.2) is 4.39 Å². The highest BCUT2D eigenvalue weighted by atomic mass is 79.9. The van der Waals surface area contributed by atoms with Gasteiger partial charge in [0.15, 0.2) is 0 Å². The van der Waals surface area contributed by atoms with Crippen LogP contribution in [-0.2, 0) is 9.53 Å². The minimum Gasteiger partial charge on any atom is -0.378 e. The van der Waals surface area contributed by atoms with Crippen molar-refractivity contribution < 1.29 is 18.7 Å². The molecule has 130 valence electrons. The summed E-state index contributed by atoms with van der Waals surface area (Å²) in [7, 11) is 0. The lowest BCUT2D eigenvalue weighted by Gasteiger charge is -2.35. The molecule has 2 aliphatic rings. The number of halogens is 2. The highest BCUT2D eigenvalue weighted by Gasteiger charge is 2.31. The summed E-state index contributed by atoms with van der Waals surface area (Å²) in [5, 5.41) is 0. The number of nitrogens with zero attached hydrogens (tertiary/aromatic N) is 2. The number of rotatable bonds is 2. The number of hydrogen-bond donors (Lipinski definition) is 0. The van der Waals surface area contributed by atoms with Crippen molar-refractivity contribution in [3.05, 3.63) is 34.1 Å². The summed E-state index contributed by atoms with van der Waals surface area (Å²) in [5.41, 5.74) is 0.0716. The molecule has 2 amide bonds. The monoisotopic (exact) mass is 398 g/mol. The highest BCUT2D eigenvalue weighted by Crippen LogP contribution is 2.23. The minimum atomic E-state index is -0.519. The highest BCUT2D eigenvalue weighted by molar-refractivity contribution is 9.10. The number of carbonyl (C=O) groups excluding carboxylic acids is 2. The van der Waals surface area contributed by atoms with Crippen LogP contribution >= 0.6 is 15.9 Å². The van der Waals surface area contributed by atoms with Crippen molar-refractivity contribution in [3.63, 3.8) is 0 Å². The van der Waals surface area contributed by atoms with Crippen LogP contribution in [0.15, 0.2) is 22.7 Å². The quantitative estimate of drug-likeness (QED) is 0.767. The van der Waals surface area contributed by atoms with E-state index in [1.54, 1.807) is 11.0 Å². The predicted octanol–water partition coefficient (Wildman–Crippen LogP) is 2.30. The Morgan fingerprint density at radius 3 is 2.42 bits per heavy atom. The van der Waals surface area contributed by atoms with Crippen LogP contribution in [0.3, 0.4) is 0 Å². The molecule has 0 saturated carbocycles. The largest absolute Gasteiger partial charge is 0.378 e. The molecule has 24 heavy (non-hydrogen) atoms. The summed E-state index contributed by atoms with van der Waals surface area (Å²) >= 11 is 3.26. The molecule has 0 radical (unpaired) electrons. The topological polar surface area (TPSA) is 49.9 Å². The zero-order valence-electron chi connectivity index (χ0n) is 13.3. The fourth-order valence-electron chi connectivity index (χ4n) is 3.20. The van der Waals surface area contributed by atoms with Crippen LogP contribution in [0.2, 0.25) is 0 Å². The number of hydrogen-bond acceptors (Lipinski definition) is 3. The average molecular weight is 399 g/mol. The van der Waals surface area contributed by atoms with Gasteiger partial charge in [-0.15, -0.1) is 0 Å². The molecule has 1 aromatic rings. The zero-order valence-corrected chi connectivity index (χ0v) is 14.9. The van der Waals surface area contributed by atoms with Crippen molar-refractivity contribution >= 4 is 27.7 Å². The first-order valence-corrected chi connectivity index (χ1v) is 8.96. The van der Waals surface area contributed by atoms with Crippen molar-refractivity contribution in [3.8, 4) is 0 Å². The average Bonchev–Trinajstić information content (AvgIpc) is 2.63. The van der Waals surface area contributed by atoms with Crippen LogP contribution in [0.5, 0.6) is 0 Å². The molecule has 0 unspecified atom stereocenters. The third kappa shape index (κ3) is 3.78. The van der Waals surface area contributed by atoms with Crippen LogP contribution < -0.4 is 0 Å². The summed E-state index contributed by atoms with van der Waals surface area (Å²) < 4.78 is 19.8. The Hall–Kier alpha value is -1.47. The number of likely N-dealkylation sites (tertiary alicyclic amines) is 1. The van der Waals surface area contributed by atoms with Crippen molar-refractivity contribution in [2.75, 3.05) is 39.4 Å². The molecule has 0 N–H and O–H groups in total. The van der Waals surface area contributed by atoms with Gasteiger partial charge in [0, 0.05) is 36.6 Å². The van der Waals surface area contributed by atoms with Gasteiger partial charge < -0.3 is 14.5 Å². The second-order valence-electron chi connectivity index (χ2n) is 6.13. The van der Waals surface area contributed by atoms with E-state index in [1.807, 2.05) is 4.90 Å². The Balaban J connectivity index is 1.59. The van der Waals surface area contributed by atoms with Crippen LogP contribution in [-0.4, -0.2) is 61.0 Å². The molecule has 2 aliphatic heterocycles. The molecular weight excluding hydrogens is 379 g/mol. The van der Waals surface area contributed by atoms with Crippen molar-refractivity contribution in [2.24, 2.45) is 5.92 Å². The first-order chi connectivity index (χ1) is 11.6. The smallest absolute Gasteiger partial charge is 0.256 e. The summed E-state index contributed by atoms with van der Waals surface area (Å²) in [6.07, 6.45) is 1.25. The molecule has 0 spiro atoms. The van der Waals surface area contributed by atoms with Gasteiger partial charge in [-0.05, 0) is 31.0 Å². The van der Waals surface area contributed by atoms with Gasteiger partial charge in [0.1, 0.15) is 5.82 Å². The lowest BCUT2D eigenvalue weighted by Crippen LogP contribution is -2.47. The summed E-state index contributed by atoms with van der Waals surface area (Å²) in [5.74, 6) is -0.737. The van der Waals surface area contributed by atoms with E-state index in [1.165, 1.54) is 12.1 Å². The van der Waals surface area contributed by atoms with Gasteiger partial charge in [0.25, 0.3) is 5.91 Å². The number of amides is 2. The van der Waals surface area contributed by atoms with E-state index in [4.69, 9.17) is 4.74 Å². The molecule has 1 aromatic carbocycles. The van der Waals surface area contributed by atoms with Gasteiger partial charge in [-0.1, -0.05) is 15.9 Å². The summed E-state index contributed by atoms with van der Waals surface area (Å²) in [4.78, 5) is 28.5. The molecule has 0 atom stereocenters. The van der Waals surface area contributed by atoms with E-state index in [9.17, 15) is 14.0 Å². The lowest BCUT2D eigenvalue weighted by atomic mass is 9.94. The minimum absolute atomic E-state index is 0.0560. The SMILES string of the molecule is O=C(c1cc(Br)ccc1F)N1CCC(C(=O)N2CCOCC2)CC1. The van der Waals surface area contributed by atoms with E-state index in [-0.39, 0.29) is 23.3 Å². The Kier molecular flexibility index (Phi) is 5.50. The summed E-state index contributed by atoms with van der Waals surface area (Å²) in [6, 6.07) is 4.36. The van der Waals surface area contributed by atoms with E-state index in [0.29, 0.717) is 56.7 Å². The van der Waals surface area contributed by atoms with Crippen molar-refractivity contribution in [1.29, 1.82) is 0 Å². The predicted molar refractivity (Wildman–Crippen MR) is 90.1 cm³/mol. The number of benzene rings is 1. The van der Waals surface area contributed by atoms with E-state index >= 15 is 0 Å². The molecule has 7 heteroatoms. The second-order valence-corrected chi connectivity index (χ2v) is 7.04. The van der Waals surface area contributed by atoms with Gasteiger partial charge in [0.05, 0.1) is 18.8 Å². The lowest BCUT2D eigenvalue weighted by molar-refractivity contribution is -0.141. The molecule has 0 aliphatic carbocycles. The third-order valence-corrected chi connectivity index (χ3v) is 5.11. The standard InChI is InChI=1S/C17H20BrFN2O3/c18-13-1-2-15(19)14(11-13)17(23)20-5-3-12(4-6-20)16(22)21-7-9-24-10-8-21/h1-2,11-12H,3-10H2. The fourth-order valence-corrected chi connectivity index (χ4v) is 3.56. The van der Waals surface area contributed by atoms with Crippen LogP contribution in [0.4, 0.5) is 4.39 Å². The van der Waals surface area contributed by atoms with Crippen LogP contribution in [0.25, 0.3) is 0 Å². The van der Waals surface area contributed by atoms with E-state index < -0.39 is 5.82 Å². The van der Waals surface area contributed by atoms with Crippen LogP contribution in [0.1, 0.15) is 23.2 Å². The van der Waals surface area contributed by atoms with Crippen LogP contribution in [0, 0.1) is 11.7 Å². The first kappa shape index (κ1) is 17.4. The van der Waals surface area contributed by atoms with Crippen molar-refractivity contribution in [2.45, 2.75) is 12.8 Å². The molecular formula is C17H20BrFN2O3. The van der Waals surface area contributed by atoms with Crippen molar-refractivity contribution in [1.82, 2.24) is 9.80 Å². The maximum Gasteiger partial charge on any atom is 0.256 e. The Labute approximate surface area is 148 Å². The molecule has 3 rings (SSSR count). The Morgan fingerprint density at radius 2 is 1.75 bits per heavy atom. The second kappa shape index (κ2) is 7.61. The summed E-state index contributed by atoms with van der Waals surface area (Å²) in [6.45, 7) is 3.41. The number of piperidine rings is 1. The molecule has 0 aromatic heterocycles. The fraction of sp³-hybridized carbons (Fsp3) is 0.529. The molecule has 2 fully saturated rings. The Bertz CT molecular complexity index is 626. The number of ether oxygens (including phenoxy) is 1. The first-order valence-electron chi connectivity index (χ1n) is 8.17. The molecule has 2 saturated heterocycles. The van der Waals surface area contributed by atoms with E-state index in [0.717, 1.165) is 0 Å². The molecule has 0 bridgehead atoms. The third-order valence-electron chi connectivity index (χ3n) is 4.61. The number of morpholine rings is 1.